The van der Waals surface area contributed by atoms with Gasteiger partial charge in [0.05, 0.1) is 15.2 Å². The molecule has 0 aliphatic heterocycles. The molecule has 0 fully saturated rings. The van der Waals surface area contributed by atoms with Crippen molar-refractivity contribution in [1.82, 2.24) is 4.57 Å². The van der Waals surface area contributed by atoms with Gasteiger partial charge in [-0.2, -0.15) is 4.99 Å². The van der Waals surface area contributed by atoms with Crippen LogP contribution < -0.4 is 4.80 Å². The first-order valence-electron chi connectivity index (χ1n) is 6.93. The summed E-state index contributed by atoms with van der Waals surface area (Å²) in [7, 11) is 0. The van der Waals surface area contributed by atoms with Crippen LogP contribution in [0.25, 0.3) is 10.2 Å². The van der Waals surface area contributed by atoms with Crippen molar-refractivity contribution in [3.63, 3.8) is 0 Å². The highest BCUT2D eigenvalue weighted by Crippen LogP contribution is 2.29. The van der Waals surface area contributed by atoms with Crippen LogP contribution in [0.4, 0.5) is 0 Å². The van der Waals surface area contributed by atoms with Crippen molar-refractivity contribution in [3.8, 4) is 0 Å². The summed E-state index contributed by atoms with van der Waals surface area (Å²) in [5, 5.41) is 1.53. The number of amides is 1. The van der Waals surface area contributed by atoms with Crippen LogP contribution in [-0.4, -0.2) is 10.5 Å². The molecule has 0 saturated carbocycles. The van der Waals surface area contributed by atoms with Gasteiger partial charge in [0, 0.05) is 22.2 Å². The van der Waals surface area contributed by atoms with E-state index in [-0.39, 0.29) is 5.91 Å². The molecule has 122 valence electrons. The van der Waals surface area contributed by atoms with Crippen molar-refractivity contribution in [2.24, 2.45) is 4.99 Å². The molecule has 0 bridgehead atoms. The van der Waals surface area contributed by atoms with Gasteiger partial charge in [0.2, 0.25) is 0 Å². The number of thiazole rings is 1. The van der Waals surface area contributed by atoms with Gasteiger partial charge in [-0.05, 0) is 30.3 Å². The van der Waals surface area contributed by atoms with Crippen molar-refractivity contribution in [1.29, 1.82) is 0 Å². The fourth-order valence-corrected chi connectivity index (χ4v) is 4.30. The molecule has 3 nitrogen and oxygen atoms in total. The summed E-state index contributed by atoms with van der Waals surface area (Å²) < 4.78 is 2.70. The molecule has 0 N–H and O–H groups in total. The molecule has 0 aliphatic rings. The quantitative estimate of drug-likeness (QED) is 0.530. The first-order valence-corrected chi connectivity index (χ1v) is 8.88. The van der Waals surface area contributed by atoms with Crippen molar-refractivity contribution in [3.05, 3.63) is 74.5 Å². The van der Waals surface area contributed by atoms with Gasteiger partial charge in [-0.1, -0.05) is 58.3 Å². The van der Waals surface area contributed by atoms with Gasteiger partial charge < -0.3 is 4.57 Å². The molecule has 0 unspecified atom stereocenters. The molecule has 0 radical (unpaired) electrons. The van der Waals surface area contributed by atoms with E-state index in [0.29, 0.717) is 32.0 Å². The summed E-state index contributed by atoms with van der Waals surface area (Å²) in [5.74, 6) is -0.371. The first-order chi connectivity index (χ1) is 11.5. The number of hydrogen-bond acceptors (Lipinski definition) is 2. The fourth-order valence-electron chi connectivity index (χ4n) is 2.29. The van der Waals surface area contributed by atoms with Gasteiger partial charge in [-0.25, -0.2) is 0 Å². The van der Waals surface area contributed by atoms with Gasteiger partial charge >= 0.3 is 0 Å². The van der Waals surface area contributed by atoms with E-state index >= 15 is 0 Å². The Bertz CT molecular complexity index is 1020. The van der Waals surface area contributed by atoms with Gasteiger partial charge in [-0.3, -0.25) is 4.79 Å². The van der Waals surface area contributed by atoms with Gasteiger partial charge in [0.1, 0.15) is 0 Å². The SMILES string of the molecule is C=CCn1c(=NC(=O)c2cccc(Cl)c2)sc2cc(Cl)cc(Cl)c21. The van der Waals surface area contributed by atoms with Crippen molar-refractivity contribution < 1.29 is 4.79 Å². The molecule has 0 saturated heterocycles. The maximum Gasteiger partial charge on any atom is 0.279 e. The van der Waals surface area contributed by atoms with E-state index in [0.717, 1.165) is 10.2 Å². The van der Waals surface area contributed by atoms with Crippen LogP contribution in [0.3, 0.4) is 0 Å². The standard InChI is InChI=1S/C17H11Cl3N2OS/c1-2-6-22-15-13(20)8-12(19)9-14(15)24-17(22)21-16(23)10-4-3-5-11(18)7-10/h2-5,7-9H,1,6H2. The average molecular weight is 398 g/mol. The number of nitrogens with zero attached hydrogens (tertiary/aromatic N) is 2. The number of benzene rings is 2. The summed E-state index contributed by atoms with van der Waals surface area (Å²) in [5.41, 5.74) is 1.21. The third-order valence-corrected chi connectivity index (χ3v) is 5.04. The van der Waals surface area contributed by atoms with E-state index in [1.165, 1.54) is 11.3 Å². The molecule has 0 spiro atoms. The van der Waals surface area contributed by atoms with Crippen LogP contribution in [0.1, 0.15) is 10.4 Å². The largest absolute Gasteiger partial charge is 0.311 e. The molecule has 0 aliphatic carbocycles. The zero-order valence-corrected chi connectivity index (χ0v) is 15.4. The predicted octanol–water partition coefficient (Wildman–Crippen LogP) is 5.59. The number of rotatable bonds is 3. The maximum absolute atomic E-state index is 12.4. The molecule has 0 atom stereocenters. The zero-order valence-electron chi connectivity index (χ0n) is 12.3. The number of aromatic nitrogens is 1. The Balaban J connectivity index is 2.21. The topological polar surface area (TPSA) is 34.4 Å². The monoisotopic (exact) mass is 396 g/mol. The Morgan fingerprint density at radius 1 is 1.21 bits per heavy atom. The first kappa shape index (κ1) is 17.2. The van der Waals surface area contributed by atoms with E-state index in [4.69, 9.17) is 34.8 Å². The van der Waals surface area contributed by atoms with Crippen LogP contribution in [0.15, 0.2) is 54.0 Å². The van der Waals surface area contributed by atoms with Gasteiger partial charge in [0.15, 0.2) is 4.80 Å². The van der Waals surface area contributed by atoms with Crippen LogP contribution in [0, 0.1) is 0 Å². The predicted molar refractivity (Wildman–Crippen MR) is 101 cm³/mol. The van der Waals surface area contributed by atoms with E-state index in [9.17, 15) is 4.79 Å². The Morgan fingerprint density at radius 2 is 2.00 bits per heavy atom. The minimum absolute atomic E-state index is 0.371. The highest BCUT2D eigenvalue weighted by atomic mass is 35.5. The summed E-state index contributed by atoms with van der Waals surface area (Å²) in [6, 6.07) is 10.1. The summed E-state index contributed by atoms with van der Waals surface area (Å²) in [6.07, 6.45) is 1.72. The molecule has 3 aromatic rings. The minimum Gasteiger partial charge on any atom is -0.311 e. The molecule has 2 aromatic carbocycles. The van der Waals surface area contributed by atoms with Crippen molar-refractivity contribution >= 4 is 62.3 Å². The Labute approximate surface area is 157 Å². The Kier molecular flexibility index (Phi) is 5.11. The van der Waals surface area contributed by atoms with Crippen LogP contribution in [0.5, 0.6) is 0 Å². The zero-order chi connectivity index (χ0) is 17.3. The highest BCUT2D eigenvalue weighted by Gasteiger charge is 2.12. The van der Waals surface area contributed by atoms with E-state index < -0.39 is 0 Å². The average Bonchev–Trinajstić information content (AvgIpc) is 2.85. The van der Waals surface area contributed by atoms with E-state index in [1.807, 2.05) is 4.57 Å². The number of carbonyl (C=O) groups excluding carboxylic acids is 1. The third kappa shape index (κ3) is 3.42. The molecular formula is C17H11Cl3N2OS. The normalized spacial score (nSPS) is 11.9. The van der Waals surface area contributed by atoms with Crippen LogP contribution in [0.2, 0.25) is 15.1 Å². The lowest BCUT2D eigenvalue weighted by atomic mass is 10.2. The second-order valence-corrected chi connectivity index (χ2v) is 7.23. The summed E-state index contributed by atoms with van der Waals surface area (Å²) >= 11 is 19.7. The highest BCUT2D eigenvalue weighted by molar-refractivity contribution is 7.16. The molecule has 1 aromatic heterocycles. The molecule has 1 heterocycles. The molecule has 7 heteroatoms. The van der Waals surface area contributed by atoms with Gasteiger partial charge in [0.25, 0.3) is 5.91 Å². The molecule has 3 rings (SSSR count). The number of carbonyl (C=O) groups is 1. The minimum atomic E-state index is -0.371. The van der Waals surface area contributed by atoms with Crippen LogP contribution >= 0.6 is 46.1 Å². The second kappa shape index (κ2) is 7.11. The number of hydrogen-bond donors (Lipinski definition) is 0. The molecule has 1 amide bonds. The van der Waals surface area contributed by atoms with Gasteiger partial charge in [-0.15, -0.1) is 6.58 Å². The number of halogens is 3. The second-order valence-electron chi connectivity index (χ2n) is 4.95. The molecular weight excluding hydrogens is 387 g/mol. The lowest BCUT2D eigenvalue weighted by molar-refractivity contribution is 0.0998. The Hall–Kier alpha value is -1.59. The lowest BCUT2D eigenvalue weighted by Crippen LogP contribution is -2.16. The number of allylic oxidation sites excluding steroid dienone is 1. The summed E-state index contributed by atoms with van der Waals surface area (Å²) in [6.45, 7) is 4.23. The lowest BCUT2D eigenvalue weighted by Gasteiger charge is -2.03. The van der Waals surface area contributed by atoms with E-state index in [2.05, 4.69) is 11.6 Å². The van der Waals surface area contributed by atoms with E-state index in [1.54, 1.807) is 42.5 Å². The Morgan fingerprint density at radius 3 is 2.71 bits per heavy atom. The van der Waals surface area contributed by atoms with Crippen molar-refractivity contribution in [2.45, 2.75) is 6.54 Å². The maximum atomic E-state index is 12.4. The number of fused-ring (bicyclic) bond motifs is 1. The van der Waals surface area contributed by atoms with Crippen molar-refractivity contribution in [2.75, 3.05) is 0 Å². The smallest absolute Gasteiger partial charge is 0.279 e. The van der Waals surface area contributed by atoms with Crippen LogP contribution in [-0.2, 0) is 6.54 Å². The summed E-state index contributed by atoms with van der Waals surface area (Å²) in [4.78, 5) is 17.2. The third-order valence-electron chi connectivity index (χ3n) is 3.28. The molecule has 24 heavy (non-hydrogen) atoms. The fraction of sp³-hybridized carbons (Fsp3) is 0.0588.